The highest BCUT2D eigenvalue weighted by Crippen LogP contribution is 2.51. The Balaban J connectivity index is 2.03. The first-order valence-electron chi connectivity index (χ1n) is 7.27. The number of aliphatic carboxylic acids is 1. The maximum atomic E-state index is 12.3. The number of urea groups is 1. The molecule has 1 aliphatic carbocycles. The van der Waals surface area contributed by atoms with Gasteiger partial charge >= 0.3 is 12.0 Å². The van der Waals surface area contributed by atoms with Crippen molar-refractivity contribution in [2.24, 2.45) is 11.3 Å². The first-order chi connectivity index (χ1) is 9.94. The van der Waals surface area contributed by atoms with Crippen LogP contribution in [-0.2, 0) is 4.79 Å². The van der Waals surface area contributed by atoms with Crippen LogP contribution in [0, 0.1) is 11.3 Å². The minimum atomic E-state index is -1.03. The van der Waals surface area contributed by atoms with Crippen LogP contribution in [0.15, 0.2) is 30.3 Å². The Bertz CT molecular complexity index is 510. The molecule has 0 spiro atoms. The Hall–Kier alpha value is -2.04. The normalized spacial score (nSPS) is 15.6. The minimum Gasteiger partial charge on any atom is -0.480 e. The molecule has 1 saturated carbocycles. The van der Waals surface area contributed by atoms with Gasteiger partial charge in [0.25, 0.3) is 0 Å². The van der Waals surface area contributed by atoms with Crippen molar-refractivity contribution in [3.63, 3.8) is 0 Å². The van der Waals surface area contributed by atoms with Crippen molar-refractivity contribution in [2.75, 3.05) is 18.0 Å². The molecule has 0 saturated heterocycles. The standard InChI is InChI=1S/C16H22N2O3/c1-12(2)16(8-9-16)11-17-15(21)18(10-14(19)20)13-6-4-3-5-7-13/h3-7,12H,8-11H2,1-2H3,(H,17,21)(H,19,20). The number of carboxylic acid groups (broad SMARTS) is 1. The van der Waals surface area contributed by atoms with Crippen molar-refractivity contribution < 1.29 is 14.7 Å². The van der Waals surface area contributed by atoms with E-state index >= 15 is 0 Å². The van der Waals surface area contributed by atoms with Gasteiger partial charge < -0.3 is 10.4 Å². The molecule has 114 valence electrons. The lowest BCUT2D eigenvalue weighted by Crippen LogP contribution is -2.45. The lowest BCUT2D eigenvalue weighted by molar-refractivity contribution is -0.135. The average molecular weight is 290 g/mol. The number of carbonyl (C=O) groups excluding carboxylic acids is 1. The number of nitrogens with zero attached hydrogens (tertiary/aromatic N) is 1. The van der Waals surface area contributed by atoms with E-state index in [0.29, 0.717) is 18.2 Å². The maximum Gasteiger partial charge on any atom is 0.323 e. The zero-order valence-corrected chi connectivity index (χ0v) is 12.5. The van der Waals surface area contributed by atoms with Crippen LogP contribution in [0.25, 0.3) is 0 Å². The van der Waals surface area contributed by atoms with Gasteiger partial charge in [-0.1, -0.05) is 32.0 Å². The molecule has 2 rings (SSSR count). The molecule has 2 N–H and O–H groups in total. The average Bonchev–Trinajstić information content (AvgIpc) is 3.24. The number of carbonyl (C=O) groups is 2. The Morgan fingerprint density at radius 3 is 2.38 bits per heavy atom. The van der Waals surface area contributed by atoms with Crippen molar-refractivity contribution in [1.29, 1.82) is 0 Å². The summed E-state index contributed by atoms with van der Waals surface area (Å²) in [4.78, 5) is 24.6. The van der Waals surface area contributed by atoms with Gasteiger partial charge in [-0.15, -0.1) is 0 Å². The molecule has 1 aromatic rings. The van der Waals surface area contributed by atoms with Gasteiger partial charge in [0.2, 0.25) is 0 Å². The lowest BCUT2D eigenvalue weighted by atomic mass is 9.92. The van der Waals surface area contributed by atoms with E-state index in [4.69, 9.17) is 5.11 Å². The number of hydrogen-bond donors (Lipinski definition) is 2. The van der Waals surface area contributed by atoms with Gasteiger partial charge in [0.15, 0.2) is 0 Å². The molecule has 2 amide bonds. The van der Waals surface area contributed by atoms with Crippen molar-refractivity contribution >= 4 is 17.7 Å². The first-order valence-corrected chi connectivity index (χ1v) is 7.27. The Kier molecular flexibility index (Phi) is 4.50. The molecule has 0 bridgehead atoms. The number of nitrogens with one attached hydrogen (secondary N) is 1. The van der Waals surface area contributed by atoms with Crippen LogP contribution in [0.1, 0.15) is 26.7 Å². The fourth-order valence-corrected chi connectivity index (χ4v) is 2.49. The van der Waals surface area contributed by atoms with Crippen LogP contribution >= 0.6 is 0 Å². The van der Waals surface area contributed by atoms with E-state index in [-0.39, 0.29) is 18.0 Å². The summed E-state index contributed by atoms with van der Waals surface area (Å²) in [5.41, 5.74) is 0.785. The molecule has 5 heteroatoms. The first kappa shape index (κ1) is 15.4. The molecule has 0 aliphatic heterocycles. The summed E-state index contributed by atoms with van der Waals surface area (Å²) in [6.07, 6.45) is 2.24. The molecule has 1 aliphatic rings. The van der Waals surface area contributed by atoms with Crippen molar-refractivity contribution in [2.45, 2.75) is 26.7 Å². The molecule has 1 aromatic carbocycles. The van der Waals surface area contributed by atoms with Crippen LogP contribution in [0.4, 0.5) is 10.5 Å². The van der Waals surface area contributed by atoms with Gasteiger partial charge in [-0.3, -0.25) is 9.69 Å². The monoisotopic (exact) mass is 290 g/mol. The zero-order valence-electron chi connectivity index (χ0n) is 12.5. The van der Waals surface area contributed by atoms with Gasteiger partial charge in [0, 0.05) is 12.2 Å². The summed E-state index contributed by atoms with van der Waals surface area (Å²) in [5.74, 6) is -0.513. The zero-order chi connectivity index (χ0) is 15.5. The third kappa shape index (κ3) is 3.74. The summed E-state index contributed by atoms with van der Waals surface area (Å²) in [6, 6.07) is 8.52. The van der Waals surface area contributed by atoms with Crippen molar-refractivity contribution in [1.82, 2.24) is 5.32 Å². The molecule has 0 radical (unpaired) electrons. The quantitative estimate of drug-likeness (QED) is 0.846. The second-order valence-electron chi connectivity index (χ2n) is 5.99. The second-order valence-corrected chi connectivity index (χ2v) is 5.99. The van der Waals surface area contributed by atoms with E-state index < -0.39 is 5.97 Å². The summed E-state index contributed by atoms with van der Waals surface area (Å²) < 4.78 is 0. The van der Waals surface area contributed by atoms with Gasteiger partial charge in [0.05, 0.1) is 0 Å². The Labute approximate surface area is 125 Å². The van der Waals surface area contributed by atoms with E-state index in [9.17, 15) is 9.59 Å². The Morgan fingerprint density at radius 2 is 1.90 bits per heavy atom. The van der Waals surface area contributed by atoms with Crippen LogP contribution in [0.5, 0.6) is 0 Å². The van der Waals surface area contributed by atoms with E-state index in [0.717, 1.165) is 12.8 Å². The van der Waals surface area contributed by atoms with E-state index in [1.54, 1.807) is 24.3 Å². The summed E-state index contributed by atoms with van der Waals surface area (Å²) in [5, 5.41) is 11.9. The molecule has 1 fully saturated rings. The highest BCUT2D eigenvalue weighted by Gasteiger charge is 2.45. The third-order valence-corrected chi connectivity index (χ3v) is 4.32. The van der Waals surface area contributed by atoms with E-state index in [2.05, 4.69) is 19.2 Å². The van der Waals surface area contributed by atoms with Crippen LogP contribution in [0.3, 0.4) is 0 Å². The number of anilines is 1. The molecule has 0 unspecified atom stereocenters. The second kappa shape index (κ2) is 6.16. The summed E-state index contributed by atoms with van der Waals surface area (Å²) in [6.45, 7) is 4.58. The fraction of sp³-hybridized carbons (Fsp3) is 0.500. The number of para-hydroxylation sites is 1. The Morgan fingerprint density at radius 1 is 1.29 bits per heavy atom. The summed E-state index contributed by atoms with van der Waals surface area (Å²) in [7, 11) is 0. The number of rotatable bonds is 6. The van der Waals surface area contributed by atoms with E-state index in [1.807, 2.05) is 6.07 Å². The number of carboxylic acids is 1. The predicted octanol–water partition coefficient (Wildman–Crippen LogP) is 2.72. The van der Waals surface area contributed by atoms with Gasteiger partial charge in [0.1, 0.15) is 6.54 Å². The highest BCUT2D eigenvalue weighted by atomic mass is 16.4. The number of hydrogen-bond acceptors (Lipinski definition) is 2. The summed E-state index contributed by atoms with van der Waals surface area (Å²) >= 11 is 0. The topological polar surface area (TPSA) is 69.6 Å². The molecular formula is C16H22N2O3. The van der Waals surface area contributed by atoms with Crippen molar-refractivity contribution in [3.05, 3.63) is 30.3 Å². The highest BCUT2D eigenvalue weighted by molar-refractivity contribution is 5.96. The largest absolute Gasteiger partial charge is 0.480 e. The molecule has 0 heterocycles. The van der Waals surface area contributed by atoms with Gasteiger partial charge in [-0.05, 0) is 36.3 Å². The smallest absolute Gasteiger partial charge is 0.323 e. The van der Waals surface area contributed by atoms with Crippen LogP contribution in [-0.4, -0.2) is 30.2 Å². The van der Waals surface area contributed by atoms with Gasteiger partial charge in [-0.25, -0.2) is 4.79 Å². The lowest BCUT2D eigenvalue weighted by Gasteiger charge is -2.25. The van der Waals surface area contributed by atoms with Crippen LogP contribution in [0.2, 0.25) is 0 Å². The molecule has 21 heavy (non-hydrogen) atoms. The molecular weight excluding hydrogens is 268 g/mol. The molecule has 0 aromatic heterocycles. The molecule has 5 nitrogen and oxygen atoms in total. The maximum absolute atomic E-state index is 12.3. The van der Waals surface area contributed by atoms with Gasteiger partial charge in [-0.2, -0.15) is 0 Å². The van der Waals surface area contributed by atoms with Crippen molar-refractivity contribution in [3.8, 4) is 0 Å². The van der Waals surface area contributed by atoms with E-state index in [1.165, 1.54) is 4.90 Å². The number of amides is 2. The SMILES string of the molecule is CC(C)C1(CNC(=O)N(CC(=O)O)c2ccccc2)CC1. The number of benzene rings is 1. The fourth-order valence-electron chi connectivity index (χ4n) is 2.49. The minimum absolute atomic E-state index is 0.196. The molecule has 0 atom stereocenters. The predicted molar refractivity (Wildman–Crippen MR) is 81.3 cm³/mol. The third-order valence-electron chi connectivity index (χ3n) is 4.32. The van der Waals surface area contributed by atoms with Crippen LogP contribution < -0.4 is 10.2 Å².